The molecule has 5 rings (SSSR count). The van der Waals surface area contributed by atoms with Crippen LogP contribution in [0.1, 0.15) is 73.2 Å². The molecule has 1 saturated heterocycles. The monoisotopic (exact) mass is 461 g/mol. The molecule has 0 unspecified atom stereocenters. The zero-order valence-electron chi connectivity index (χ0n) is 19.6. The van der Waals surface area contributed by atoms with Crippen molar-refractivity contribution in [2.45, 2.75) is 57.6 Å². The summed E-state index contributed by atoms with van der Waals surface area (Å²) in [5.74, 6) is 0.679. The SMILES string of the molecule is CCCCCCOc1ccc([C@@H]2c3c(oc4ccccc4c3=O)C(=O)N2C[C@H]2CCCO2)cc1. The zero-order chi connectivity index (χ0) is 23.5. The first kappa shape index (κ1) is 22.7. The minimum Gasteiger partial charge on any atom is -0.494 e. The van der Waals surface area contributed by atoms with Crippen LogP contribution >= 0.6 is 0 Å². The number of para-hydroxylation sites is 1. The quantitative estimate of drug-likeness (QED) is 0.395. The highest BCUT2D eigenvalue weighted by molar-refractivity contribution is 5.99. The lowest BCUT2D eigenvalue weighted by Crippen LogP contribution is -2.36. The maximum absolute atomic E-state index is 13.5. The third kappa shape index (κ3) is 4.34. The summed E-state index contributed by atoms with van der Waals surface area (Å²) in [5, 5.41) is 0.491. The van der Waals surface area contributed by atoms with Crippen LogP contribution in [0.3, 0.4) is 0 Å². The minimum atomic E-state index is -0.508. The van der Waals surface area contributed by atoms with Crippen molar-refractivity contribution in [3.63, 3.8) is 0 Å². The van der Waals surface area contributed by atoms with Gasteiger partial charge < -0.3 is 18.8 Å². The molecule has 0 saturated carbocycles. The van der Waals surface area contributed by atoms with Crippen molar-refractivity contribution in [1.29, 1.82) is 0 Å². The van der Waals surface area contributed by atoms with Gasteiger partial charge in [0.25, 0.3) is 5.91 Å². The van der Waals surface area contributed by atoms with Crippen LogP contribution in [-0.2, 0) is 4.74 Å². The molecule has 6 nitrogen and oxygen atoms in total. The van der Waals surface area contributed by atoms with Gasteiger partial charge in [-0.15, -0.1) is 0 Å². The zero-order valence-corrected chi connectivity index (χ0v) is 19.6. The Hall–Kier alpha value is -3.12. The van der Waals surface area contributed by atoms with E-state index in [4.69, 9.17) is 13.9 Å². The van der Waals surface area contributed by atoms with Gasteiger partial charge in [0.05, 0.1) is 29.7 Å². The summed E-state index contributed by atoms with van der Waals surface area (Å²) in [6.07, 6.45) is 6.46. The number of amides is 1. The van der Waals surface area contributed by atoms with E-state index in [0.717, 1.165) is 37.0 Å². The van der Waals surface area contributed by atoms with Gasteiger partial charge in [0.2, 0.25) is 5.76 Å². The molecule has 3 heterocycles. The number of carbonyl (C=O) groups excluding carboxylic acids is 1. The fourth-order valence-electron chi connectivity index (χ4n) is 4.97. The van der Waals surface area contributed by atoms with Crippen LogP contribution in [0.5, 0.6) is 5.75 Å². The largest absolute Gasteiger partial charge is 0.494 e. The van der Waals surface area contributed by atoms with Gasteiger partial charge in [0, 0.05) is 13.2 Å². The molecule has 0 radical (unpaired) electrons. The van der Waals surface area contributed by atoms with Crippen LogP contribution in [0.4, 0.5) is 0 Å². The second kappa shape index (κ2) is 10.0. The molecule has 0 spiro atoms. The summed E-state index contributed by atoms with van der Waals surface area (Å²) in [5.41, 5.74) is 1.56. The van der Waals surface area contributed by atoms with Gasteiger partial charge in [0.1, 0.15) is 11.3 Å². The first-order valence-corrected chi connectivity index (χ1v) is 12.4. The van der Waals surface area contributed by atoms with Crippen LogP contribution in [0.25, 0.3) is 11.0 Å². The lowest BCUT2D eigenvalue weighted by Gasteiger charge is -2.27. The predicted octanol–water partition coefficient (Wildman–Crippen LogP) is 5.48. The van der Waals surface area contributed by atoms with E-state index >= 15 is 0 Å². The van der Waals surface area contributed by atoms with Crippen molar-refractivity contribution in [2.75, 3.05) is 19.8 Å². The Balaban J connectivity index is 1.47. The highest BCUT2D eigenvalue weighted by atomic mass is 16.5. The van der Waals surface area contributed by atoms with E-state index in [-0.39, 0.29) is 23.2 Å². The molecule has 1 fully saturated rings. The lowest BCUT2D eigenvalue weighted by molar-refractivity contribution is 0.0486. The Kier molecular flexibility index (Phi) is 6.68. The predicted molar refractivity (Wildman–Crippen MR) is 130 cm³/mol. The summed E-state index contributed by atoms with van der Waals surface area (Å²) in [6, 6.07) is 14.3. The molecule has 2 aliphatic heterocycles. The smallest absolute Gasteiger partial charge is 0.291 e. The van der Waals surface area contributed by atoms with E-state index in [0.29, 0.717) is 36.3 Å². The van der Waals surface area contributed by atoms with E-state index in [1.54, 1.807) is 23.1 Å². The van der Waals surface area contributed by atoms with Crippen molar-refractivity contribution >= 4 is 16.9 Å². The Morgan fingerprint density at radius 3 is 2.62 bits per heavy atom. The van der Waals surface area contributed by atoms with Crippen LogP contribution in [0.15, 0.2) is 57.7 Å². The molecule has 34 heavy (non-hydrogen) atoms. The van der Waals surface area contributed by atoms with Gasteiger partial charge >= 0.3 is 0 Å². The number of nitrogens with zero attached hydrogens (tertiary/aromatic N) is 1. The Morgan fingerprint density at radius 2 is 1.85 bits per heavy atom. The van der Waals surface area contributed by atoms with Crippen molar-refractivity contribution in [3.05, 3.63) is 75.6 Å². The van der Waals surface area contributed by atoms with Gasteiger partial charge in [0.15, 0.2) is 5.43 Å². The maximum atomic E-state index is 13.5. The molecule has 0 bridgehead atoms. The van der Waals surface area contributed by atoms with Crippen LogP contribution in [0.2, 0.25) is 0 Å². The molecule has 2 aliphatic rings. The molecule has 1 aromatic heterocycles. The van der Waals surface area contributed by atoms with Gasteiger partial charge in [-0.1, -0.05) is 50.5 Å². The average molecular weight is 462 g/mol. The van der Waals surface area contributed by atoms with Gasteiger partial charge in [-0.2, -0.15) is 0 Å². The first-order chi connectivity index (χ1) is 16.7. The first-order valence-electron chi connectivity index (χ1n) is 12.4. The number of fused-ring (bicyclic) bond motifs is 2. The second-order valence-corrected chi connectivity index (χ2v) is 9.14. The number of rotatable bonds is 9. The molecule has 6 heteroatoms. The number of unbranched alkanes of at least 4 members (excludes halogenated alkanes) is 3. The van der Waals surface area contributed by atoms with Gasteiger partial charge in [-0.05, 0) is 49.1 Å². The van der Waals surface area contributed by atoms with E-state index in [2.05, 4.69) is 6.92 Å². The standard InChI is InChI=1S/C28H31NO5/c1-2-3-4-7-16-32-20-14-12-19(13-15-20)25-24-26(30)22-10-5-6-11-23(22)34-27(24)28(31)29(25)18-21-9-8-17-33-21/h5-6,10-15,21,25H,2-4,7-9,16-18H2,1H3/t21-,25-/m1/s1. The van der Waals surface area contributed by atoms with Crippen LogP contribution in [0, 0.1) is 0 Å². The molecule has 0 N–H and O–H groups in total. The van der Waals surface area contributed by atoms with Crippen LogP contribution < -0.4 is 10.2 Å². The molecular weight excluding hydrogens is 430 g/mol. The Labute approximate surface area is 199 Å². The molecule has 178 valence electrons. The molecule has 2 atom stereocenters. The number of hydrogen-bond acceptors (Lipinski definition) is 5. The van der Waals surface area contributed by atoms with E-state index in [1.807, 2.05) is 30.3 Å². The van der Waals surface area contributed by atoms with Crippen molar-refractivity contribution < 1.29 is 18.7 Å². The number of hydrogen-bond donors (Lipinski definition) is 0. The molecule has 1 amide bonds. The maximum Gasteiger partial charge on any atom is 0.291 e. The van der Waals surface area contributed by atoms with E-state index in [1.165, 1.54) is 12.8 Å². The van der Waals surface area contributed by atoms with E-state index < -0.39 is 6.04 Å². The summed E-state index contributed by atoms with van der Waals surface area (Å²) in [6.45, 7) is 4.01. The number of benzene rings is 2. The summed E-state index contributed by atoms with van der Waals surface area (Å²) >= 11 is 0. The van der Waals surface area contributed by atoms with Crippen molar-refractivity contribution in [2.24, 2.45) is 0 Å². The third-order valence-corrected chi connectivity index (χ3v) is 6.76. The van der Waals surface area contributed by atoms with Gasteiger partial charge in [-0.25, -0.2) is 0 Å². The number of ether oxygens (including phenoxy) is 2. The Morgan fingerprint density at radius 1 is 1.03 bits per heavy atom. The molecule has 3 aromatic rings. The topological polar surface area (TPSA) is 69.0 Å². The van der Waals surface area contributed by atoms with Crippen LogP contribution in [-0.4, -0.2) is 36.7 Å². The van der Waals surface area contributed by atoms with Crippen molar-refractivity contribution in [1.82, 2.24) is 4.90 Å². The fourth-order valence-corrected chi connectivity index (χ4v) is 4.97. The molecular formula is C28H31NO5. The lowest BCUT2D eigenvalue weighted by atomic mass is 9.98. The normalized spacial score (nSPS) is 19.7. The summed E-state index contributed by atoms with van der Waals surface area (Å²) < 4.78 is 17.7. The summed E-state index contributed by atoms with van der Waals surface area (Å²) in [4.78, 5) is 28.7. The van der Waals surface area contributed by atoms with E-state index in [9.17, 15) is 9.59 Å². The second-order valence-electron chi connectivity index (χ2n) is 9.14. The highest BCUT2D eigenvalue weighted by Crippen LogP contribution is 2.39. The van der Waals surface area contributed by atoms with Crippen molar-refractivity contribution in [3.8, 4) is 5.75 Å². The highest BCUT2D eigenvalue weighted by Gasteiger charge is 2.43. The fraction of sp³-hybridized carbons (Fsp3) is 0.429. The summed E-state index contributed by atoms with van der Waals surface area (Å²) in [7, 11) is 0. The molecule has 0 aliphatic carbocycles. The average Bonchev–Trinajstić information content (AvgIpc) is 3.47. The minimum absolute atomic E-state index is 0.0315. The Bertz CT molecular complexity index is 1210. The third-order valence-electron chi connectivity index (χ3n) is 6.76. The number of carbonyl (C=O) groups is 1. The molecule has 2 aromatic carbocycles. The van der Waals surface area contributed by atoms with Gasteiger partial charge in [-0.3, -0.25) is 9.59 Å².